The number of hydrogen-bond acceptors (Lipinski definition) is 11. The third-order valence-electron chi connectivity index (χ3n) is 8.36. The van der Waals surface area contributed by atoms with E-state index in [9.17, 15) is 39.6 Å². The van der Waals surface area contributed by atoms with Gasteiger partial charge in [0.25, 0.3) is 0 Å². The summed E-state index contributed by atoms with van der Waals surface area (Å²) in [6.07, 6.45) is -3.14. The molecule has 1 aliphatic heterocycles. The van der Waals surface area contributed by atoms with Gasteiger partial charge < -0.3 is 34.6 Å². The van der Waals surface area contributed by atoms with Crippen molar-refractivity contribution in [2.24, 2.45) is 0 Å². The lowest BCUT2D eigenvalue weighted by molar-refractivity contribution is -0.262. The molecular formula is C29H30O11. The quantitative estimate of drug-likeness (QED) is 0.348. The molecule has 11 heteroatoms. The van der Waals surface area contributed by atoms with Crippen molar-refractivity contribution in [2.45, 2.75) is 75.7 Å². The maximum absolute atomic E-state index is 13.5. The highest BCUT2D eigenvalue weighted by molar-refractivity contribution is 6.30. The Kier molecular flexibility index (Phi) is 6.61. The second kappa shape index (κ2) is 9.48. The SMILES string of the molecule is COC(=O)[C@@H]1c2cc3c(c(O)c2[C@@H](O[C@H]2CC[C@@](O)(C(C)=O)[C@H](C)O2)C[C@@]1(C)O)C(=O)c1c(O)cccc1C3=O. The molecule has 5 rings (SSSR count). The highest BCUT2D eigenvalue weighted by Crippen LogP contribution is 2.53. The number of fused-ring (bicyclic) bond motifs is 3. The van der Waals surface area contributed by atoms with Crippen LogP contribution >= 0.6 is 0 Å². The molecule has 4 N–H and O–H groups in total. The van der Waals surface area contributed by atoms with Crippen molar-refractivity contribution in [1.82, 2.24) is 0 Å². The van der Waals surface area contributed by atoms with Crippen LogP contribution in [0.4, 0.5) is 0 Å². The van der Waals surface area contributed by atoms with E-state index in [4.69, 9.17) is 14.2 Å². The fraction of sp³-hybridized carbons (Fsp3) is 0.448. The summed E-state index contributed by atoms with van der Waals surface area (Å²) in [5.41, 5.74) is -4.32. The van der Waals surface area contributed by atoms with E-state index >= 15 is 0 Å². The monoisotopic (exact) mass is 554 g/mol. The van der Waals surface area contributed by atoms with Gasteiger partial charge in [-0.05, 0) is 44.9 Å². The van der Waals surface area contributed by atoms with Crippen LogP contribution < -0.4 is 0 Å². The first-order chi connectivity index (χ1) is 18.7. The van der Waals surface area contributed by atoms with Crippen molar-refractivity contribution < 1.29 is 53.8 Å². The zero-order valence-electron chi connectivity index (χ0n) is 22.4. The van der Waals surface area contributed by atoms with Crippen LogP contribution in [0.2, 0.25) is 0 Å². The highest BCUT2D eigenvalue weighted by atomic mass is 16.7. The third kappa shape index (κ3) is 4.03. The molecule has 11 nitrogen and oxygen atoms in total. The molecule has 2 aromatic carbocycles. The van der Waals surface area contributed by atoms with Gasteiger partial charge in [-0.25, -0.2) is 0 Å². The van der Waals surface area contributed by atoms with E-state index < -0.39 is 70.4 Å². The number of aliphatic hydroxyl groups is 2. The van der Waals surface area contributed by atoms with Gasteiger partial charge in [0.2, 0.25) is 5.78 Å². The largest absolute Gasteiger partial charge is 0.507 e. The minimum Gasteiger partial charge on any atom is -0.507 e. The highest BCUT2D eigenvalue weighted by Gasteiger charge is 2.52. The lowest BCUT2D eigenvalue weighted by Gasteiger charge is -2.44. The van der Waals surface area contributed by atoms with Crippen LogP contribution in [-0.2, 0) is 23.8 Å². The van der Waals surface area contributed by atoms with E-state index in [1.54, 1.807) is 0 Å². The van der Waals surface area contributed by atoms with Crippen LogP contribution in [0.1, 0.15) is 95.0 Å². The topological polar surface area (TPSA) is 177 Å². The molecule has 2 aliphatic carbocycles. The summed E-state index contributed by atoms with van der Waals surface area (Å²) < 4.78 is 16.9. The molecule has 40 heavy (non-hydrogen) atoms. The zero-order valence-corrected chi connectivity index (χ0v) is 22.4. The number of benzene rings is 2. The fourth-order valence-corrected chi connectivity index (χ4v) is 6.17. The van der Waals surface area contributed by atoms with Crippen LogP contribution in [0, 0.1) is 0 Å². The Morgan fingerprint density at radius 3 is 2.40 bits per heavy atom. The first kappa shape index (κ1) is 27.9. The Labute approximate surface area is 229 Å². The Bertz CT molecular complexity index is 1460. The van der Waals surface area contributed by atoms with Gasteiger partial charge in [-0.2, -0.15) is 0 Å². The molecule has 212 valence electrons. The van der Waals surface area contributed by atoms with Crippen molar-refractivity contribution >= 4 is 23.3 Å². The molecule has 1 fully saturated rings. The number of carbonyl (C=O) groups excluding carboxylic acids is 4. The minimum atomic E-state index is -1.77. The number of phenolic OH excluding ortho intramolecular Hbond substituents is 2. The number of Topliss-reactive ketones (excluding diaryl/α,β-unsaturated/α-hetero) is 1. The Hall–Kier alpha value is -3.64. The molecule has 0 unspecified atom stereocenters. The van der Waals surface area contributed by atoms with Gasteiger partial charge >= 0.3 is 5.97 Å². The van der Waals surface area contributed by atoms with Crippen molar-refractivity contribution in [1.29, 1.82) is 0 Å². The average molecular weight is 555 g/mol. The van der Waals surface area contributed by atoms with Crippen molar-refractivity contribution in [3.63, 3.8) is 0 Å². The fourth-order valence-electron chi connectivity index (χ4n) is 6.17. The summed E-state index contributed by atoms with van der Waals surface area (Å²) in [4.78, 5) is 51.9. The van der Waals surface area contributed by atoms with Gasteiger partial charge in [0.1, 0.15) is 23.0 Å². The molecule has 0 aromatic heterocycles. The van der Waals surface area contributed by atoms with E-state index in [0.29, 0.717) is 0 Å². The number of esters is 1. The number of ether oxygens (including phenoxy) is 3. The lowest BCUT2D eigenvalue weighted by Crippen LogP contribution is -2.54. The molecule has 0 radical (unpaired) electrons. The molecule has 2 aromatic rings. The number of phenols is 2. The Balaban J connectivity index is 1.64. The number of aromatic hydroxyl groups is 2. The number of hydrogen-bond donors (Lipinski definition) is 4. The maximum Gasteiger partial charge on any atom is 0.316 e. The van der Waals surface area contributed by atoms with Crippen LogP contribution in [0.5, 0.6) is 11.5 Å². The summed E-state index contributed by atoms with van der Waals surface area (Å²) in [5.74, 6) is -5.12. The molecule has 3 aliphatic rings. The molecule has 0 spiro atoms. The number of carbonyl (C=O) groups is 4. The van der Waals surface area contributed by atoms with E-state index in [0.717, 1.165) is 7.11 Å². The Morgan fingerprint density at radius 1 is 1.07 bits per heavy atom. The number of rotatable bonds is 4. The van der Waals surface area contributed by atoms with Gasteiger partial charge in [0.15, 0.2) is 17.9 Å². The second-order valence-corrected chi connectivity index (χ2v) is 10.9. The molecule has 6 atom stereocenters. The summed E-state index contributed by atoms with van der Waals surface area (Å²) in [6.45, 7) is 4.18. The Morgan fingerprint density at radius 2 is 1.77 bits per heavy atom. The van der Waals surface area contributed by atoms with Gasteiger partial charge in [-0.15, -0.1) is 0 Å². The molecular weight excluding hydrogens is 524 g/mol. The average Bonchev–Trinajstić information content (AvgIpc) is 2.88. The first-order valence-corrected chi connectivity index (χ1v) is 12.9. The number of methoxy groups -OCH3 is 1. The van der Waals surface area contributed by atoms with Crippen LogP contribution in [-0.4, -0.2) is 74.5 Å². The molecule has 0 saturated carbocycles. The van der Waals surface area contributed by atoms with Crippen molar-refractivity contribution in [3.8, 4) is 11.5 Å². The van der Waals surface area contributed by atoms with Gasteiger partial charge in [-0.1, -0.05) is 12.1 Å². The third-order valence-corrected chi connectivity index (χ3v) is 8.36. The van der Waals surface area contributed by atoms with Gasteiger partial charge in [0, 0.05) is 29.5 Å². The lowest BCUT2D eigenvalue weighted by atomic mass is 9.68. The first-order valence-electron chi connectivity index (χ1n) is 12.9. The molecule has 0 bridgehead atoms. The molecule has 1 saturated heterocycles. The predicted octanol–water partition coefficient (Wildman–Crippen LogP) is 2.19. The smallest absolute Gasteiger partial charge is 0.316 e. The minimum absolute atomic E-state index is 0.00986. The van der Waals surface area contributed by atoms with Crippen molar-refractivity contribution in [3.05, 3.63) is 57.6 Å². The van der Waals surface area contributed by atoms with Crippen LogP contribution in [0.3, 0.4) is 0 Å². The second-order valence-electron chi connectivity index (χ2n) is 10.9. The van der Waals surface area contributed by atoms with E-state index in [-0.39, 0.29) is 52.6 Å². The summed E-state index contributed by atoms with van der Waals surface area (Å²) in [5, 5.41) is 44.0. The van der Waals surface area contributed by atoms with Crippen molar-refractivity contribution in [2.75, 3.05) is 7.11 Å². The maximum atomic E-state index is 13.5. The molecule has 1 heterocycles. The van der Waals surface area contributed by atoms with E-state index in [1.807, 2.05) is 0 Å². The molecule has 0 amide bonds. The number of ketones is 3. The summed E-state index contributed by atoms with van der Waals surface area (Å²) in [7, 11) is 1.14. The van der Waals surface area contributed by atoms with E-state index in [1.165, 1.54) is 45.0 Å². The zero-order chi connectivity index (χ0) is 29.3. The van der Waals surface area contributed by atoms with Gasteiger partial charge in [0.05, 0.1) is 36.0 Å². The van der Waals surface area contributed by atoms with E-state index in [2.05, 4.69) is 0 Å². The van der Waals surface area contributed by atoms with Crippen LogP contribution in [0.15, 0.2) is 24.3 Å². The summed E-state index contributed by atoms with van der Waals surface area (Å²) >= 11 is 0. The van der Waals surface area contributed by atoms with Crippen LogP contribution in [0.25, 0.3) is 0 Å². The van der Waals surface area contributed by atoms with Gasteiger partial charge in [-0.3, -0.25) is 19.2 Å². The standard InChI is InChI=1S/C29H30O11/c1-12(30)29(37)9-8-19(39-13(29)2)40-18-11-28(3,36)23(27(35)38-4)15-10-16-22(26(34)21(15)18)25(33)20-14(24(16)32)6-5-7-17(20)31/h5-7,10,13,18-19,23,31,34,36-37H,8-9,11H2,1-4H3/t13-,18-,19-,23-,28+,29+/m0/s1. The predicted molar refractivity (Wildman–Crippen MR) is 136 cm³/mol. The summed E-state index contributed by atoms with van der Waals surface area (Å²) in [6, 6.07) is 5.32. The normalized spacial score (nSPS) is 31.1.